The summed E-state index contributed by atoms with van der Waals surface area (Å²) in [6, 6.07) is 2.99. The minimum Gasteiger partial charge on any atom is -0.250 e. The fourth-order valence-corrected chi connectivity index (χ4v) is 3.97. The number of rotatable bonds is 4. The van der Waals surface area contributed by atoms with Crippen molar-refractivity contribution in [3.05, 3.63) is 39.6 Å². The molecule has 0 aliphatic carbocycles. The maximum atomic E-state index is 12.4. The second-order valence-corrected chi connectivity index (χ2v) is 7.23. The summed E-state index contributed by atoms with van der Waals surface area (Å²) in [5.74, 6) is 0. The molecular weight excluding hydrogens is 306 g/mol. The highest BCUT2D eigenvalue weighted by atomic mass is 35.5. The number of aryl methyl sites for hydroxylation is 1. The van der Waals surface area contributed by atoms with Gasteiger partial charge in [-0.2, -0.15) is 4.31 Å². The van der Waals surface area contributed by atoms with E-state index in [4.69, 9.17) is 11.6 Å². The summed E-state index contributed by atoms with van der Waals surface area (Å²) in [6.45, 7) is 2.12. The number of hydrogen-bond acceptors (Lipinski definition) is 5. The van der Waals surface area contributed by atoms with Crippen LogP contribution in [0.15, 0.2) is 28.7 Å². The Morgan fingerprint density at radius 2 is 2.16 bits per heavy atom. The molecular formula is C11H12ClN3O2S2. The van der Waals surface area contributed by atoms with Gasteiger partial charge in [-0.15, -0.1) is 11.3 Å². The number of pyridine rings is 1. The number of aromatic nitrogens is 2. The van der Waals surface area contributed by atoms with Crippen LogP contribution in [0, 0.1) is 6.92 Å². The van der Waals surface area contributed by atoms with Gasteiger partial charge in [-0.25, -0.2) is 18.4 Å². The van der Waals surface area contributed by atoms with Crippen LogP contribution in [0.1, 0.15) is 10.6 Å². The van der Waals surface area contributed by atoms with Crippen molar-refractivity contribution in [3.63, 3.8) is 0 Å². The van der Waals surface area contributed by atoms with Crippen molar-refractivity contribution >= 4 is 33.0 Å². The second kappa shape index (κ2) is 5.54. The quantitative estimate of drug-likeness (QED) is 0.812. The molecule has 0 aromatic carbocycles. The molecule has 0 fully saturated rings. The van der Waals surface area contributed by atoms with Gasteiger partial charge in [0.25, 0.3) is 0 Å². The van der Waals surface area contributed by atoms with Crippen LogP contribution in [-0.2, 0) is 16.6 Å². The molecule has 0 radical (unpaired) electrons. The summed E-state index contributed by atoms with van der Waals surface area (Å²) in [6.07, 6.45) is 1.45. The zero-order valence-electron chi connectivity index (χ0n) is 10.4. The lowest BCUT2D eigenvalue weighted by atomic mass is 10.4. The Bertz CT molecular complexity index is 685. The first kappa shape index (κ1) is 14.4. The molecule has 0 aliphatic rings. The van der Waals surface area contributed by atoms with E-state index in [-0.39, 0.29) is 16.6 Å². The predicted octanol–water partition coefficient (Wildman–Crippen LogP) is 2.32. The van der Waals surface area contributed by atoms with Crippen molar-refractivity contribution in [3.8, 4) is 0 Å². The van der Waals surface area contributed by atoms with Crippen LogP contribution < -0.4 is 0 Å². The lowest BCUT2D eigenvalue weighted by molar-refractivity contribution is 0.468. The first-order valence-electron chi connectivity index (χ1n) is 5.38. The third-order valence-corrected chi connectivity index (χ3v) is 5.79. The number of thiazole rings is 1. The summed E-state index contributed by atoms with van der Waals surface area (Å²) >= 11 is 7.27. The third kappa shape index (κ3) is 2.94. The number of halogens is 1. The Kier molecular flexibility index (Phi) is 4.19. The summed E-state index contributed by atoms with van der Waals surface area (Å²) < 4.78 is 26.0. The molecule has 0 saturated heterocycles. The second-order valence-electron chi connectivity index (χ2n) is 3.91. The lowest BCUT2D eigenvalue weighted by Gasteiger charge is -2.17. The van der Waals surface area contributed by atoms with Gasteiger partial charge < -0.3 is 0 Å². The van der Waals surface area contributed by atoms with Crippen LogP contribution in [0.25, 0.3) is 0 Å². The molecule has 102 valence electrons. The van der Waals surface area contributed by atoms with E-state index in [1.165, 1.54) is 35.0 Å². The molecule has 2 aromatic heterocycles. The van der Waals surface area contributed by atoms with Gasteiger partial charge in [-0.05, 0) is 19.1 Å². The zero-order valence-corrected chi connectivity index (χ0v) is 12.8. The standard InChI is InChI=1S/C11H12ClN3O2S2/c1-8-9(18-7-14-8)6-15(2)19(16,17)10-4-3-5-13-11(10)12/h3-5,7H,6H2,1-2H3. The Labute approximate surface area is 120 Å². The normalized spacial score (nSPS) is 12.0. The summed E-state index contributed by atoms with van der Waals surface area (Å²) in [4.78, 5) is 8.82. The highest BCUT2D eigenvalue weighted by Crippen LogP contribution is 2.24. The molecule has 0 spiro atoms. The fourth-order valence-electron chi connectivity index (χ4n) is 1.50. The predicted molar refractivity (Wildman–Crippen MR) is 74.8 cm³/mol. The smallest absolute Gasteiger partial charge is 0.246 e. The molecule has 0 amide bonds. The Morgan fingerprint density at radius 3 is 2.74 bits per heavy atom. The maximum Gasteiger partial charge on any atom is 0.246 e. The maximum absolute atomic E-state index is 12.4. The van der Waals surface area contributed by atoms with E-state index in [9.17, 15) is 8.42 Å². The van der Waals surface area contributed by atoms with Gasteiger partial charge in [-0.1, -0.05) is 11.6 Å². The average Bonchev–Trinajstić information content (AvgIpc) is 2.75. The van der Waals surface area contributed by atoms with Crippen molar-refractivity contribution < 1.29 is 8.42 Å². The van der Waals surface area contributed by atoms with Crippen LogP contribution >= 0.6 is 22.9 Å². The summed E-state index contributed by atoms with van der Waals surface area (Å²) in [5, 5.41) is -0.0182. The van der Waals surface area contributed by atoms with Gasteiger partial charge in [0.1, 0.15) is 10.0 Å². The number of hydrogen-bond donors (Lipinski definition) is 0. The SMILES string of the molecule is Cc1ncsc1CN(C)S(=O)(=O)c1cccnc1Cl. The molecule has 0 atom stereocenters. The lowest BCUT2D eigenvalue weighted by Crippen LogP contribution is -2.26. The van der Waals surface area contributed by atoms with E-state index in [1.54, 1.807) is 11.6 Å². The van der Waals surface area contributed by atoms with Gasteiger partial charge in [0.05, 0.1) is 11.2 Å². The Hall–Kier alpha value is -1.02. The van der Waals surface area contributed by atoms with Crippen LogP contribution in [-0.4, -0.2) is 29.7 Å². The highest BCUT2D eigenvalue weighted by Gasteiger charge is 2.24. The molecule has 2 aromatic rings. The largest absolute Gasteiger partial charge is 0.250 e. The van der Waals surface area contributed by atoms with Crippen LogP contribution in [0.3, 0.4) is 0 Å². The number of nitrogens with zero attached hydrogens (tertiary/aromatic N) is 3. The molecule has 0 bridgehead atoms. The molecule has 5 nitrogen and oxygen atoms in total. The van der Waals surface area contributed by atoms with E-state index in [1.807, 2.05) is 6.92 Å². The highest BCUT2D eigenvalue weighted by molar-refractivity contribution is 7.89. The zero-order chi connectivity index (χ0) is 14.0. The van der Waals surface area contributed by atoms with E-state index in [2.05, 4.69) is 9.97 Å². The topological polar surface area (TPSA) is 63.2 Å². The molecule has 2 heterocycles. The van der Waals surface area contributed by atoms with Crippen molar-refractivity contribution in [2.24, 2.45) is 0 Å². The van der Waals surface area contributed by atoms with Gasteiger partial charge >= 0.3 is 0 Å². The van der Waals surface area contributed by atoms with Crippen LogP contribution in [0.5, 0.6) is 0 Å². The van der Waals surface area contributed by atoms with E-state index in [0.29, 0.717) is 0 Å². The molecule has 0 aliphatic heterocycles. The van der Waals surface area contributed by atoms with Gasteiger partial charge in [0.15, 0.2) is 0 Å². The molecule has 2 rings (SSSR count). The van der Waals surface area contributed by atoms with E-state index >= 15 is 0 Å². The Balaban J connectivity index is 2.30. The van der Waals surface area contributed by atoms with Crippen molar-refractivity contribution in [2.75, 3.05) is 7.05 Å². The van der Waals surface area contributed by atoms with Crippen LogP contribution in [0.2, 0.25) is 5.15 Å². The monoisotopic (exact) mass is 317 g/mol. The summed E-state index contributed by atoms with van der Waals surface area (Å²) in [5.41, 5.74) is 2.53. The fraction of sp³-hybridized carbons (Fsp3) is 0.273. The minimum absolute atomic E-state index is 0.0151. The van der Waals surface area contributed by atoms with Crippen molar-refractivity contribution in [1.29, 1.82) is 0 Å². The minimum atomic E-state index is -3.64. The van der Waals surface area contributed by atoms with E-state index in [0.717, 1.165) is 10.6 Å². The van der Waals surface area contributed by atoms with Crippen LogP contribution in [0.4, 0.5) is 0 Å². The average molecular weight is 318 g/mol. The Morgan fingerprint density at radius 1 is 1.42 bits per heavy atom. The summed E-state index contributed by atoms with van der Waals surface area (Å²) in [7, 11) is -2.13. The molecule has 19 heavy (non-hydrogen) atoms. The molecule has 0 unspecified atom stereocenters. The van der Waals surface area contributed by atoms with Crippen molar-refractivity contribution in [1.82, 2.24) is 14.3 Å². The van der Waals surface area contributed by atoms with Crippen molar-refractivity contribution in [2.45, 2.75) is 18.4 Å². The molecule has 0 N–H and O–H groups in total. The third-order valence-electron chi connectivity index (χ3n) is 2.62. The first-order valence-corrected chi connectivity index (χ1v) is 8.08. The first-order chi connectivity index (χ1) is 8.93. The number of sulfonamides is 1. The van der Waals surface area contributed by atoms with Gasteiger partial charge in [0.2, 0.25) is 10.0 Å². The van der Waals surface area contributed by atoms with Gasteiger partial charge in [0, 0.05) is 24.7 Å². The van der Waals surface area contributed by atoms with E-state index < -0.39 is 10.0 Å². The van der Waals surface area contributed by atoms with Gasteiger partial charge in [-0.3, -0.25) is 0 Å². The molecule has 0 saturated carbocycles. The molecule has 8 heteroatoms.